The van der Waals surface area contributed by atoms with E-state index in [1.54, 1.807) is 18.3 Å². The number of aromatic nitrogens is 1. The fourth-order valence-electron chi connectivity index (χ4n) is 1.41. The SMILES string of the molecule is C[C@@H]1C[C@@H](Sc2ncccc2Cl)C(=O)O1. The summed E-state index contributed by atoms with van der Waals surface area (Å²) in [6, 6.07) is 3.53. The molecule has 1 fully saturated rings. The summed E-state index contributed by atoms with van der Waals surface area (Å²) in [5.41, 5.74) is 0. The Hall–Kier alpha value is -0.740. The predicted molar refractivity (Wildman–Crippen MR) is 59.1 cm³/mol. The van der Waals surface area contributed by atoms with Gasteiger partial charge >= 0.3 is 5.97 Å². The van der Waals surface area contributed by atoms with E-state index in [2.05, 4.69) is 4.98 Å². The van der Waals surface area contributed by atoms with Crippen LogP contribution in [0.3, 0.4) is 0 Å². The minimum absolute atomic E-state index is 0.00233. The molecule has 2 heterocycles. The molecule has 0 unspecified atom stereocenters. The first kappa shape index (κ1) is 10.8. The number of halogens is 1. The van der Waals surface area contributed by atoms with Crippen LogP contribution in [0.25, 0.3) is 0 Å². The highest BCUT2D eigenvalue weighted by molar-refractivity contribution is 8.00. The Morgan fingerprint density at radius 2 is 2.47 bits per heavy atom. The van der Waals surface area contributed by atoms with Crippen LogP contribution in [-0.2, 0) is 9.53 Å². The van der Waals surface area contributed by atoms with Crippen LogP contribution in [0.4, 0.5) is 0 Å². The molecule has 2 atom stereocenters. The van der Waals surface area contributed by atoms with Crippen molar-refractivity contribution in [3.05, 3.63) is 23.4 Å². The van der Waals surface area contributed by atoms with Crippen LogP contribution < -0.4 is 0 Å². The minimum atomic E-state index is -0.174. The van der Waals surface area contributed by atoms with E-state index >= 15 is 0 Å². The number of hydrogen-bond acceptors (Lipinski definition) is 4. The van der Waals surface area contributed by atoms with Crippen molar-refractivity contribution < 1.29 is 9.53 Å². The molecule has 5 heteroatoms. The van der Waals surface area contributed by atoms with Crippen molar-refractivity contribution in [2.45, 2.75) is 29.7 Å². The van der Waals surface area contributed by atoms with Crippen LogP contribution in [0.1, 0.15) is 13.3 Å². The Labute approximate surface area is 97.2 Å². The van der Waals surface area contributed by atoms with Gasteiger partial charge < -0.3 is 4.74 Å². The normalized spacial score (nSPS) is 25.3. The van der Waals surface area contributed by atoms with Crippen LogP contribution in [-0.4, -0.2) is 22.3 Å². The molecule has 0 aromatic carbocycles. The lowest BCUT2D eigenvalue weighted by molar-refractivity contribution is -0.140. The quantitative estimate of drug-likeness (QED) is 0.749. The number of rotatable bonds is 2. The monoisotopic (exact) mass is 243 g/mol. The highest BCUT2D eigenvalue weighted by atomic mass is 35.5. The number of nitrogens with zero attached hydrogens (tertiary/aromatic N) is 1. The highest BCUT2D eigenvalue weighted by Crippen LogP contribution is 2.34. The summed E-state index contributed by atoms with van der Waals surface area (Å²) in [6.07, 6.45) is 2.38. The van der Waals surface area contributed by atoms with Crippen LogP contribution in [0.15, 0.2) is 23.4 Å². The summed E-state index contributed by atoms with van der Waals surface area (Å²) in [5, 5.41) is 1.09. The number of thioether (sulfide) groups is 1. The van der Waals surface area contributed by atoms with Crippen LogP contribution in [0.5, 0.6) is 0 Å². The molecule has 1 aliphatic heterocycles. The molecule has 1 aromatic heterocycles. The lowest BCUT2D eigenvalue weighted by Crippen LogP contribution is -2.09. The standard InChI is InChI=1S/C10H10ClNO2S/c1-6-5-8(10(13)14-6)15-9-7(11)3-2-4-12-9/h2-4,6,8H,5H2,1H3/t6-,8-/m1/s1. The Kier molecular flexibility index (Phi) is 3.17. The molecule has 3 nitrogen and oxygen atoms in total. The fraction of sp³-hybridized carbons (Fsp3) is 0.400. The number of carbonyl (C=O) groups excluding carboxylic acids is 1. The lowest BCUT2D eigenvalue weighted by Gasteiger charge is -2.05. The molecule has 0 amide bonds. The van der Waals surface area contributed by atoms with Crippen LogP contribution >= 0.6 is 23.4 Å². The van der Waals surface area contributed by atoms with E-state index in [1.165, 1.54) is 11.8 Å². The van der Waals surface area contributed by atoms with E-state index in [4.69, 9.17) is 16.3 Å². The second kappa shape index (κ2) is 4.41. The largest absolute Gasteiger partial charge is 0.462 e. The summed E-state index contributed by atoms with van der Waals surface area (Å²) in [6.45, 7) is 1.89. The average molecular weight is 244 g/mol. The lowest BCUT2D eigenvalue weighted by atomic mass is 10.3. The van der Waals surface area contributed by atoms with E-state index in [-0.39, 0.29) is 17.3 Å². The Morgan fingerprint density at radius 1 is 1.67 bits per heavy atom. The third-order valence-electron chi connectivity index (χ3n) is 2.10. The minimum Gasteiger partial charge on any atom is -0.462 e. The number of carbonyl (C=O) groups is 1. The summed E-state index contributed by atoms with van der Waals surface area (Å²) >= 11 is 7.32. The smallest absolute Gasteiger partial charge is 0.319 e. The van der Waals surface area contributed by atoms with Crippen LogP contribution in [0.2, 0.25) is 5.02 Å². The van der Waals surface area contributed by atoms with E-state index < -0.39 is 0 Å². The second-order valence-electron chi connectivity index (χ2n) is 3.38. The topological polar surface area (TPSA) is 39.2 Å². The molecular formula is C10H10ClNO2S. The van der Waals surface area contributed by atoms with E-state index in [9.17, 15) is 4.79 Å². The van der Waals surface area contributed by atoms with E-state index in [1.807, 2.05) is 6.92 Å². The van der Waals surface area contributed by atoms with Crippen molar-refractivity contribution in [1.82, 2.24) is 4.98 Å². The number of ether oxygens (including phenoxy) is 1. The maximum Gasteiger partial charge on any atom is 0.319 e. The van der Waals surface area contributed by atoms with Gasteiger partial charge in [-0.1, -0.05) is 23.4 Å². The van der Waals surface area contributed by atoms with Crippen molar-refractivity contribution in [2.24, 2.45) is 0 Å². The van der Waals surface area contributed by atoms with Crippen molar-refractivity contribution >= 4 is 29.3 Å². The maximum absolute atomic E-state index is 11.4. The zero-order chi connectivity index (χ0) is 10.8. The molecule has 0 aliphatic carbocycles. The van der Waals surface area contributed by atoms with E-state index in [0.717, 1.165) is 6.42 Å². The molecular weight excluding hydrogens is 234 g/mol. The van der Waals surface area contributed by atoms with Gasteiger partial charge in [-0.05, 0) is 19.1 Å². The molecule has 2 rings (SSSR count). The molecule has 80 valence electrons. The van der Waals surface area contributed by atoms with Gasteiger partial charge in [0.1, 0.15) is 16.4 Å². The van der Waals surface area contributed by atoms with Gasteiger partial charge in [0, 0.05) is 12.6 Å². The number of cyclic esters (lactones) is 1. The third kappa shape index (κ3) is 2.44. The van der Waals surface area contributed by atoms with Gasteiger partial charge in [-0.15, -0.1) is 0 Å². The van der Waals surface area contributed by atoms with Crippen molar-refractivity contribution in [2.75, 3.05) is 0 Å². The molecule has 0 N–H and O–H groups in total. The first-order valence-corrected chi connectivity index (χ1v) is 5.90. The van der Waals surface area contributed by atoms with Gasteiger partial charge in [-0.25, -0.2) is 4.98 Å². The fourth-order valence-corrected chi connectivity index (χ4v) is 2.75. The number of esters is 1. The zero-order valence-corrected chi connectivity index (χ0v) is 9.72. The van der Waals surface area contributed by atoms with E-state index in [0.29, 0.717) is 10.0 Å². The van der Waals surface area contributed by atoms with Gasteiger partial charge in [0.15, 0.2) is 0 Å². The molecule has 1 aromatic rings. The average Bonchev–Trinajstić information content (AvgIpc) is 2.49. The number of pyridine rings is 1. The van der Waals surface area contributed by atoms with Crippen molar-refractivity contribution in [3.8, 4) is 0 Å². The second-order valence-corrected chi connectivity index (χ2v) is 4.98. The molecule has 1 aliphatic rings. The third-order valence-corrected chi connectivity index (χ3v) is 3.74. The van der Waals surface area contributed by atoms with Gasteiger partial charge in [-0.2, -0.15) is 0 Å². The van der Waals surface area contributed by atoms with Gasteiger partial charge in [0.05, 0.1) is 5.02 Å². The molecule has 0 saturated carbocycles. The highest BCUT2D eigenvalue weighted by Gasteiger charge is 2.33. The Bertz CT molecular complexity index is 385. The van der Waals surface area contributed by atoms with Gasteiger partial charge in [-0.3, -0.25) is 4.79 Å². The molecule has 1 saturated heterocycles. The van der Waals surface area contributed by atoms with Crippen molar-refractivity contribution in [1.29, 1.82) is 0 Å². The van der Waals surface area contributed by atoms with Gasteiger partial charge in [0.2, 0.25) is 0 Å². The zero-order valence-electron chi connectivity index (χ0n) is 8.14. The Morgan fingerprint density at radius 3 is 3.07 bits per heavy atom. The molecule has 15 heavy (non-hydrogen) atoms. The molecule has 0 bridgehead atoms. The first-order valence-electron chi connectivity index (χ1n) is 4.64. The molecule has 0 spiro atoms. The maximum atomic E-state index is 11.4. The van der Waals surface area contributed by atoms with Crippen molar-refractivity contribution in [3.63, 3.8) is 0 Å². The van der Waals surface area contributed by atoms with Crippen LogP contribution in [0, 0.1) is 0 Å². The summed E-state index contributed by atoms with van der Waals surface area (Å²) < 4.78 is 5.06. The Balaban J connectivity index is 2.09. The first-order chi connectivity index (χ1) is 7.16. The molecule has 0 radical (unpaired) electrons. The summed E-state index contributed by atoms with van der Waals surface area (Å²) in [5.74, 6) is -0.172. The predicted octanol–water partition coefficient (Wildman–Crippen LogP) is 2.53. The van der Waals surface area contributed by atoms with Gasteiger partial charge in [0.25, 0.3) is 0 Å². The summed E-state index contributed by atoms with van der Waals surface area (Å²) in [4.78, 5) is 15.5. The number of hydrogen-bond donors (Lipinski definition) is 0. The summed E-state index contributed by atoms with van der Waals surface area (Å²) in [7, 11) is 0.